The van der Waals surface area contributed by atoms with Crippen LogP contribution in [0.15, 0.2) is 168 Å². The van der Waals surface area contributed by atoms with Crippen LogP contribution < -0.4 is 4.90 Å². The standard InChI is InChI=1S/C52H41NO/c1-2-11-35(12-3-1)41-13-5-8-19-49(41)53(39-23-21-36(22-24-39)42-16-10-17-46-45-15-6-9-20-50(45)54-51(42)46)40-25-26-44-43-14-4-7-18-47(43)52(48(44)32-40)37-28-33-27-34(30-37)31-38(52)29-33/h1-26,32-34,37-38H,27-31H2. The Balaban J connectivity index is 1.04. The second-order valence-corrected chi connectivity index (χ2v) is 16.5. The molecule has 2 heteroatoms. The van der Waals surface area contributed by atoms with Crippen LogP contribution in [0.5, 0.6) is 0 Å². The van der Waals surface area contributed by atoms with E-state index in [1.54, 1.807) is 11.1 Å². The molecule has 260 valence electrons. The zero-order valence-corrected chi connectivity index (χ0v) is 30.3. The third-order valence-corrected chi connectivity index (χ3v) is 13.9. The van der Waals surface area contributed by atoms with Gasteiger partial charge in [0, 0.05) is 38.7 Å². The van der Waals surface area contributed by atoms with Gasteiger partial charge in [-0.1, -0.05) is 127 Å². The highest BCUT2D eigenvalue weighted by Gasteiger charge is 2.61. The third kappa shape index (κ3) is 4.28. The molecule has 1 heterocycles. The molecule has 8 aromatic rings. The summed E-state index contributed by atoms with van der Waals surface area (Å²) in [7, 11) is 0. The lowest BCUT2D eigenvalue weighted by Crippen LogP contribution is -2.55. The maximum absolute atomic E-state index is 6.47. The van der Waals surface area contributed by atoms with Gasteiger partial charge in [-0.25, -0.2) is 0 Å². The molecule has 7 aromatic carbocycles. The number of furan rings is 1. The highest BCUT2D eigenvalue weighted by Crippen LogP contribution is 2.69. The highest BCUT2D eigenvalue weighted by molar-refractivity contribution is 6.09. The first-order valence-corrected chi connectivity index (χ1v) is 19.9. The van der Waals surface area contributed by atoms with Crippen LogP contribution in [-0.4, -0.2) is 0 Å². The van der Waals surface area contributed by atoms with Crippen LogP contribution in [-0.2, 0) is 5.41 Å². The SMILES string of the molecule is c1ccc(-c2ccccc2N(c2ccc(-c3cccc4c3oc3ccccc34)cc2)c2ccc3c(c2)C2(c4ccccc4-3)C3CC4CC(C3)CC2C4)cc1. The van der Waals surface area contributed by atoms with Crippen LogP contribution in [0.4, 0.5) is 17.1 Å². The minimum absolute atomic E-state index is 0.106. The van der Waals surface area contributed by atoms with Crippen LogP contribution in [0, 0.1) is 23.7 Å². The number of rotatable bonds is 5. The van der Waals surface area contributed by atoms with Crippen molar-refractivity contribution in [3.63, 3.8) is 0 Å². The van der Waals surface area contributed by atoms with Crippen molar-refractivity contribution in [2.75, 3.05) is 4.90 Å². The smallest absolute Gasteiger partial charge is 0.143 e. The molecule has 2 nitrogen and oxygen atoms in total. The Hall–Kier alpha value is -5.86. The summed E-state index contributed by atoms with van der Waals surface area (Å²) in [6.45, 7) is 0. The summed E-state index contributed by atoms with van der Waals surface area (Å²) in [6.07, 6.45) is 6.98. The Bertz CT molecular complexity index is 2710. The second-order valence-electron chi connectivity index (χ2n) is 16.5. The molecule has 4 bridgehead atoms. The number of para-hydroxylation sites is 3. The topological polar surface area (TPSA) is 16.4 Å². The van der Waals surface area contributed by atoms with Gasteiger partial charge < -0.3 is 9.32 Å². The molecule has 1 spiro atoms. The van der Waals surface area contributed by atoms with E-state index >= 15 is 0 Å². The minimum Gasteiger partial charge on any atom is -0.455 e. The van der Waals surface area contributed by atoms with E-state index in [0.29, 0.717) is 0 Å². The molecule has 0 atom stereocenters. The molecule has 0 unspecified atom stereocenters. The number of benzene rings is 7. The molecule has 4 saturated carbocycles. The maximum Gasteiger partial charge on any atom is 0.143 e. The number of hydrogen-bond donors (Lipinski definition) is 0. The summed E-state index contributed by atoms with van der Waals surface area (Å²) in [5.74, 6) is 3.26. The molecule has 13 rings (SSSR count). The Labute approximate surface area is 316 Å². The molecule has 5 aliphatic carbocycles. The van der Waals surface area contributed by atoms with Crippen molar-refractivity contribution in [2.24, 2.45) is 23.7 Å². The summed E-state index contributed by atoms with van der Waals surface area (Å²) >= 11 is 0. The first-order valence-electron chi connectivity index (χ1n) is 19.9. The van der Waals surface area contributed by atoms with Gasteiger partial charge in [0.1, 0.15) is 11.2 Å². The molecule has 0 radical (unpaired) electrons. The lowest BCUT2D eigenvalue weighted by Gasteiger charge is -2.61. The zero-order valence-electron chi connectivity index (χ0n) is 30.3. The first-order chi connectivity index (χ1) is 26.7. The molecular weight excluding hydrogens is 655 g/mol. The van der Waals surface area contributed by atoms with Gasteiger partial charge in [-0.15, -0.1) is 0 Å². The van der Waals surface area contributed by atoms with Gasteiger partial charge in [-0.2, -0.15) is 0 Å². The van der Waals surface area contributed by atoms with Crippen LogP contribution in [0.1, 0.15) is 43.2 Å². The monoisotopic (exact) mass is 695 g/mol. The average molecular weight is 696 g/mol. The number of anilines is 3. The summed E-state index contributed by atoms with van der Waals surface area (Å²) < 4.78 is 6.47. The van der Waals surface area contributed by atoms with Crippen LogP contribution in [0.3, 0.4) is 0 Å². The van der Waals surface area contributed by atoms with Crippen molar-refractivity contribution in [2.45, 2.75) is 37.5 Å². The normalized spacial score (nSPS) is 23.3. The number of hydrogen-bond acceptors (Lipinski definition) is 2. The Morgan fingerprint density at radius 1 is 0.444 bits per heavy atom. The first kappa shape index (κ1) is 30.6. The summed E-state index contributed by atoms with van der Waals surface area (Å²) in [5, 5.41) is 2.31. The molecule has 0 aliphatic heterocycles. The fraction of sp³-hybridized carbons (Fsp3) is 0.192. The predicted molar refractivity (Wildman–Crippen MR) is 223 cm³/mol. The van der Waals surface area contributed by atoms with Gasteiger partial charge in [-0.05, 0) is 126 Å². The molecule has 0 N–H and O–H groups in total. The quantitative estimate of drug-likeness (QED) is 0.178. The fourth-order valence-corrected chi connectivity index (χ4v) is 12.0. The Morgan fingerprint density at radius 2 is 1.06 bits per heavy atom. The molecular formula is C52H41NO. The summed E-state index contributed by atoms with van der Waals surface area (Å²) in [4.78, 5) is 2.51. The van der Waals surface area contributed by atoms with Crippen molar-refractivity contribution >= 4 is 39.0 Å². The molecule has 54 heavy (non-hydrogen) atoms. The van der Waals surface area contributed by atoms with Crippen LogP contribution >= 0.6 is 0 Å². The molecule has 0 saturated heterocycles. The Morgan fingerprint density at radius 3 is 1.87 bits per heavy atom. The largest absolute Gasteiger partial charge is 0.455 e. The lowest BCUT2D eigenvalue weighted by molar-refractivity contribution is -0.0399. The molecule has 1 aromatic heterocycles. The van der Waals surface area contributed by atoms with Gasteiger partial charge in [0.05, 0.1) is 5.69 Å². The molecule has 0 amide bonds. The minimum atomic E-state index is 0.106. The highest BCUT2D eigenvalue weighted by atomic mass is 16.3. The van der Waals surface area contributed by atoms with E-state index in [4.69, 9.17) is 4.42 Å². The van der Waals surface area contributed by atoms with Gasteiger partial charge >= 0.3 is 0 Å². The van der Waals surface area contributed by atoms with Crippen molar-refractivity contribution in [3.05, 3.63) is 175 Å². The van der Waals surface area contributed by atoms with Crippen molar-refractivity contribution in [1.29, 1.82) is 0 Å². The predicted octanol–water partition coefficient (Wildman–Crippen LogP) is 14.1. The van der Waals surface area contributed by atoms with Crippen LogP contribution in [0.25, 0.3) is 55.3 Å². The van der Waals surface area contributed by atoms with Gasteiger partial charge in [0.25, 0.3) is 0 Å². The number of nitrogens with zero attached hydrogens (tertiary/aromatic N) is 1. The third-order valence-electron chi connectivity index (χ3n) is 13.9. The molecule has 4 fully saturated rings. The summed E-state index contributed by atoms with van der Waals surface area (Å²) in [6, 6.07) is 60.7. The maximum atomic E-state index is 6.47. The fourth-order valence-electron chi connectivity index (χ4n) is 12.0. The van der Waals surface area contributed by atoms with E-state index in [0.717, 1.165) is 62.4 Å². The molecule has 5 aliphatic rings. The van der Waals surface area contributed by atoms with E-state index in [-0.39, 0.29) is 5.41 Å². The van der Waals surface area contributed by atoms with E-state index in [9.17, 15) is 0 Å². The van der Waals surface area contributed by atoms with Crippen molar-refractivity contribution in [3.8, 4) is 33.4 Å². The van der Waals surface area contributed by atoms with E-state index in [2.05, 4.69) is 163 Å². The van der Waals surface area contributed by atoms with Crippen molar-refractivity contribution in [1.82, 2.24) is 0 Å². The van der Waals surface area contributed by atoms with E-state index in [1.165, 1.54) is 65.7 Å². The average Bonchev–Trinajstić information content (AvgIpc) is 3.75. The zero-order chi connectivity index (χ0) is 35.4. The lowest BCUT2D eigenvalue weighted by atomic mass is 9.43. The van der Waals surface area contributed by atoms with Crippen LogP contribution in [0.2, 0.25) is 0 Å². The van der Waals surface area contributed by atoms with Gasteiger partial charge in [0.2, 0.25) is 0 Å². The number of fused-ring (bicyclic) bond motifs is 6. The Kier molecular flexibility index (Phi) is 6.55. The summed E-state index contributed by atoms with van der Waals surface area (Å²) in [5.41, 5.74) is 16.3. The second kappa shape index (κ2) is 11.6. The van der Waals surface area contributed by atoms with E-state index in [1.807, 2.05) is 6.07 Å². The van der Waals surface area contributed by atoms with Gasteiger partial charge in [-0.3, -0.25) is 0 Å². The van der Waals surface area contributed by atoms with Gasteiger partial charge in [0.15, 0.2) is 0 Å². The van der Waals surface area contributed by atoms with E-state index < -0.39 is 0 Å². The van der Waals surface area contributed by atoms with Crippen molar-refractivity contribution < 1.29 is 4.42 Å².